The Morgan fingerprint density at radius 2 is 1.39 bits per heavy atom. The van der Waals surface area contributed by atoms with E-state index in [0.29, 0.717) is 6.23 Å². The summed E-state index contributed by atoms with van der Waals surface area (Å²) in [5.41, 5.74) is 7.71. The van der Waals surface area contributed by atoms with Crippen molar-refractivity contribution in [2.24, 2.45) is 0 Å². The summed E-state index contributed by atoms with van der Waals surface area (Å²) >= 11 is 0. The van der Waals surface area contributed by atoms with Crippen molar-refractivity contribution in [2.75, 3.05) is 12.8 Å². The van der Waals surface area contributed by atoms with E-state index >= 15 is 0 Å². The Morgan fingerprint density at radius 1 is 0.773 bits per heavy atom. The van der Waals surface area contributed by atoms with Gasteiger partial charge in [0.15, 0.2) is 0 Å². The predicted octanol–water partition coefficient (Wildman–Crippen LogP) is 10.8. The van der Waals surface area contributed by atoms with E-state index < -0.39 is 0 Å². The SMILES string of the molecule is CCCCOC[Si].Cc1c(C(=CC=Cc2ccccc2)c2ccccc2)[cH-]c2ccccc12.Cc1c[cH-]c2ccccc12.[Zr+2]. The van der Waals surface area contributed by atoms with E-state index in [0.717, 1.165) is 6.61 Å². The summed E-state index contributed by atoms with van der Waals surface area (Å²) in [7, 11) is 3.20. The Labute approximate surface area is 286 Å². The third kappa shape index (κ3) is 10.1. The number of aryl methyl sites for hydroxylation is 2. The first kappa shape index (κ1) is 35.1. The molecule has 219 valence electrons. The van der Waals surface area contributed by atoms with Gasteiger partial charge in [-0.05, 0) is 12.0 Å². The minimum atomic E-state index is 0. The van der Waals surface area contributed by atoms with E-state index in [4.69, 9.17) is 4.74 Å². The van der Waals surface area contributed by atoms with E-state index in [-0.39, 0.29) is 26.2 Å². The van der Waals surface area contributed by atoms with Crippen LogP contribution in [0.4, 0.5) is 0 Å². The molecule has 1 nitrogen and oxygen atoms in total. The second-order valence-electron chi connectivity index (χ2n) is 10.5. The molecule has 6 aromatic rings. The molecule has 0 aliphatic rings. The van der Waals surface area contributed by atoms with E-state index in [2.05, 4.69) is 171 Å². The normalized spacial score (nSPS) is 11.0. The maximum atomic E-state index is 4.99. The quantitative estimate of drug-likeness (QED) is 0.0679. The Morgan fingerprint density at radius 3 is 2.02 bits per heavy atom. The zero-order chi connectivity index (χ0) is 30.3. The van der Waals surface area contributed by atoms with Gasteiger partial charge in [0.2, 0.25) is 0 Å². The molecule has 44 heavy (non-hydrogen) atoms. The monoisotopic (exact) mass is 667 g/mol. The summed E-state index contributed by atoms with van der Waals surface area (Å²) in [6.07, 6.45) is 9.58. The predicted molar refractivity (Wildman–Crippen MR) is 189 cm³/mol. The maximum Gasteiger partial charge on any atom is 2.00 e. The van der Waals surface area contributed by atoms with Gasteiger partial charge >= 0.3 is 26.2 Å². The second kappa shape index (κ2) is 19.1. The molecule has 0 fully saturated rings. The summed E-state index contributed by atoms with van der Waals surface area (Å²) in [5, 5.41) is 5.35. The fourth-order valence-electron chi connectivity index (χ4n) is 5.06. The van der Waals surface area contributed by atoms with Crippen molar-refractivity contribution < 1.29 is 30.9 Å². The van der Waals surface area contributed by atoms with Crippen LogP contribution in [0.15, 0.2) is 140 Å². The van der Waals surface area contributed by atoms with Crippen LogP contribution in [0.25, 0.3) is 33.2 Å². The topological polar surface area (TPSA) is 9.23 Å². The smallest absolute Gasteiger partial charge is 0.386 e. The molecule has 0 saturated carbocycles. The molecule has 6 aromatic carbocycles. The van der Waals surface area contributed by atoms with Crippen LogP contribution in [-0.2, 0) is 30.9 Å². The Kier molecular flexibility index (Phi) is 15.3. The summed E-state index contributed by atoms with van der Waals surface area (Å²) in [6.45, 7) is 7.40. The average Bonchev–Trinajstić information content (AvgIpc) is 3.60. The van der Waals surface area contributed by atoms with Crippen LogP contribution in [0.1, 0.15) is 47.6 Å². The van der Waals surface area contributed by atoms with E-state index in [1.807, 2.05) is 6.07 Å². The molecule has 0 bridgehead atoms. The number of hydrogen-bond donors (Lipinski definition) is 0. The molecule has 0 saturated heterocycles. The van der Waals surface area contributed by atoms with Crippen LogP contribution < -0.4 is 0 Å². The molecule has 0 unspecified atom stereocenters. The molecule has 0 amide bonds. The Hall–Kier alpha value is -3.36. The van der Waals surface area contributed by atoms with E-state index in [9.17, 15) is 0 Å². The zero-order valence-electron chi connectivity index (χ0n) is 26.1. The number of rotatable bonds is 8. The second-order valence-corrected chi connectivity index (χ2v) is 10.8. The summed E-state index contributed by atoms with van der Waals surface area (Å²) in [5.74, 6) is 0. The van der Waals surface area contributed by atoms with Crippen molar-refractivity contribution in [3.05, 3.63) is 167 Å². The number of benzene rings is 4. The molecule has 0 aromatic heterocycles. The summed E-state index contributed by atoms with van der Waals surface area (Å²) < 4.78 is 4.99. The molecule has 0 heterocycles. The molecular formula is C41H41OSiZr. The van der Waals surface area contributed by atoms with Gasteiger partial charge < -0.3 is 4.74 Å². The third-order valence-corrected chi connectivity index (χ3v) is 7.64. The van der Waals surface area contributed by atoms with Crippen LogP contribution in [0.2, 0.25) is 0 Å². The zero-order valence-corrected chi connectivity index (χ0v) is 29.6. The van der Waals surface area contributed by atoms with E-state index in [1.54, 1.807) is 0 Å². The van der Waals surface area contributed by atoms with Crippen molar-refractivity contribution in [3.8, 4) is 0 Å². The molecule has 0 N–H and O–H groups in total. The Balaban J connectivity index is 0.000000241. The fraction of sp³-hybridized carbons (Fsp3) is 0.171. The molecule has 3 heteroatoms. The van der Waals surface area contributed by atoms with Gasteiger partial charge in [-0.1, -0.05) is 141 Å². The average molecular weight is 669 g/mol. The Bertz CT molecular complexity index is 1720. The number of ether oxygens (including phenoxy) is 1. The first-order valence-electron chi connectivity index (χ1n) is 15.1. The summed E-state index contributed by atoms with van der Waals surface area (Å²) in [6, 6.07) is 44.7. The van der Waals surface area contributed by atoms with Crippen molar-refractivity contribution in [3.63, 3.8) is 0 Å². The van der Waals surface area contributed by atoms with Gasteiger partial charge in [0.05, 0.1) is 10.2 Å². The van der Waals surface area contributed by atoms with Gasteiger partial charge in [0.25, 0.3) is 0 Å². The first-order valence-corrected chi connectivity index (χ1v) is 15.8. The largest absolute Gasteiger partial charge is 2.00 e. The van der Waals surface area contributed by atoms with Crippen LogP contribution in [0, 0.1) is 13.8 Å². The van der Waals surface area contributed by atoms with Gasteiger partial charge in [-0.3, -0.25) is 0 Å². The number of allylic oxidation sites excluding steroid dienone is 2. The number of hydrogen-bond acceptors (Lipinski definition) is 1. The van der Waals surface area contributed by atoms with Gasteiger partial charge in [-0.2, -0.15) is 11.6 Å². The molecule has 0 aliphatic carbocycles. The van der Waals surface area contributed by atoms with Gasteiger partial charge in [0, 0.05) is 12.8 Å². The van der Waals surface area contributed by atoms with Crippen molar-refractivity contribution in [1.29, 1.82) is 0 Å². The minimum absolute atomic E-state index is 0. The number of fused-ring (bicyclic) bond motifs is 2. The molecule has 0 aliphatic heterocycles. The first-order chi connectivity index (χ1) is 21.1. The number of unbranched alkanes of at least 4 members (excludes halogenated alkanes) is 1. The van der Waals surface area contributed by atoms with Crippen molar-refractivity contribution >= 4 is 43.4 Å². The summed E-state index contributed by atoms with van der Waals surface area (Å²) in [4.78, 5) is 0. The fourth-order valence-corrected chi connectivity index (χ4v) is 5.20. The molecule has 0 spiro atoms. The molecule has 6 rings (SSSR count). The minimum Gasteiger partial charge on any atom is -0.386 e. The maximum absolute atomic E-state index is 4.99. The third-order valence-electron chi connectivity index (χ3n) is 7.44. The molecular weight excluding hydrogens is 628 g/mol. The molecule has 3 radical (unpaired) electrons. The van der Waals surface area contributed by atoms with Crippen molar-refractivity contribution in [1.82, 2.24) is 0 Å². The van der Waals surface area contributed by atoms with E-state index in [1.165, 1.54) is 67.8 Å². The van der Waals surface area contributed by atoms with Gasteiger partial charge in [-0.15, -0.1) is 69.1 Å². The standard InChI is InChI=1S/C26H21.C10H9.C5H11OSi.Zr/c1-20-24-17-9-8-16-23(24)19-26(20)25(22-14-6-3-7-15-22)18-10-13-21-11-4-2-5-12-21;1-8-6-7-9-4-2-3-5-10(8)9;1-2-3-4-6-5-7;/h2-19H,1H3;2-7H,1H3;2-5H2,1H3;/q2*-1;;+2. The van der Waals surface area contributed by atoms with Gasteiger partial charge in [0.1, 0.15) is 0 Å². The molecule has 0 atom stereocenters. The van der Waals surface area contributed by atoms with Crippen molar-refractivity contribution in [2.45, 2.75) is 33.6 Å². The van der Waals surface area contributed by atoms with Crippen LogP contribution in [0.3, 0.4) is 0 Å². The van der Waals surface area contributed by atoms with Crippen LogP contribution in [0.5, 0.6) is 0 Å². The van der Waals surface area contributed by atoms with Gasteiger partial charge in [-0.25, -0.2) is 0 Å². The van der Waals surface area contributed by atoms with Crippen LogP contribution in [-0.4, -0.2) is 23.1 Å². The van der Waals surface area contributed by atoms with Crippen LogP contribution >= 0.6 is 0 Å².